The Bertz CT molecular complexity index is 595. The van der Waals surface area contributed by atoms with Gasteiger partial charge in [-0.15, -0.1) is 0 Å². The van der Waals surface area contributed by atoms with Crippen LogP contribution in [0.15, 0.2) is 0 Å². The van der Waals surface area contributed by atoms with Crippen molar-refractivity contribution in [3.05, 3.63) is 0 Å². The van der Waals surface area contributed by atoms with Gasteiger partial charge in [0.05, 0.1) is 0 Å². The molecule has 1 amide bonds. The Hall–Kier alpha value is -2.20. The predicted molar refractivity (Wildman–Crippen MR) is 104 cm³/mol. The minimum absolute atomic E-state index is 0.243. The van der Waals surface area contributed by atoms with Crippen LogP contribution in [-0.4, -0.2) is 67.7 Å². The number of hydrogen-bond acceptors (Lipinski definition) is 9. The fraction of sp³-hybridized carbons (Fsp3) is 0.800. The predicted octanol–water partition coefficient (Wildman–Crippen LogP) is 1.24. The lowest BCUT2D eigenvalue weighted by atomic mass is 9.96. The van der Waals surface area contributed by atoms with Crippen molar-refractivity contribution in [3.63, 3.8) is 0 Å². The SMILES string of the molecule is CCCCCCO[C@@H]1O[C@H](COC(C)=O)[C@H](OC(C)=O)[C@H](OC(C)=O)[C@@H]1NC(C)=O. The van der Waals surface area contributed by atoms with E-state index >= 15 is 0 Å². The molecule has 0 aromatic carbocycles. The normalized spacial score (nSPS) is 25.8. The minimum atomic E-state index is -1.11. The highest BCUT2D eigenvalue weighted by Gasteiger charge is 2.51. The Morgan fingerprint density at radius 1 is 0.867 bits per heavy atom. The summed E-state index contributed by atoms with van der Waals surface area (Å²) in [5.74, 6) is -2.23. The van der Waals surface area contributed by atoms with Gasteiger partial charge in [0.25, 0.3) is 0 Å². The molecule has 0 aromatic rings. The van der Waals surface area contributed by atoms with Crippen LogP contribution in [0.2, 0.25) is 0 Å². The van der Waals surface area contributed by atoms with Gasteiger partial charge >= 0.3 is 17.9 Å². The molecule has 1 heterocycles. The molecule has 1 N–H and O–H groups in total. The molecule has 1 saturated heterocycles. The lowest BCUT2D eigenvalue weighted by Gasteiger charge is -2.44. The molecular weight excluding hydrogens is 398 g/mol. The largest absolute Gasteiger partial charge is 0.463 e. The highest BCUT2D eigenvalue weighted by atomic mass is 16.7. The van der Waals surface area contributed by atoms with E-state index in [-0.39, 0.29) is 6.61 Å². The molecule has 172 valence electrons. The molecule has 10 heteroatoms. The van der Waals surface area contributed by atoms with E-state index in [9.17, 15) is 19.2 Å². The molecule has 5 atom stereocenters. The van der Waals surface area contributed by atoms with E-state index in [0.29, 0.717) is 6.61 Å². The molecule has 10 nitrogen and oxygen atoms in total. The average molecular weight is 431 g/mol. The number of amides is 1. The first-order valence-corrected chi connectivity index (χ1v) is 10.2. The van der Waals surface area contributed by atoms with Crippen molar-refractivity contribution in [2.45, 2.75) is 90.9 Å². The number of carbonyl (C=O) groups excluding carboxylic acids is 4. The number of rotatable bonds is 11. The van der Waals surface area contributed by atoms with Crippen molar-refractivity contribution in [2.75, 3.05) is 13.2 Å². The molecule has 1 aliphatic heterocycles. The van der Waals surface area contributed by atoms with Gasteiger partial charge in [-0.05, 0) is 6.42 Å². The molecule has 30 heavy (non-hydrogen) atoms. The smallest absolute Gasteiger partial charge is 0.303 e. The van der Waals surface area contributed by atoms with Crippen molar-refractivity contribution in [1.82, 2.24) is 5.32 Å². The number of unbranched alkanes of at least 4 members (excludes halogenated alkanes) is 3. The zero-order chi connectivity index (χ0) is 22.7. The van der Waals surface area contributed by atoms with Crippen molar-refractivity contribution in [3.8, 4) is 0 Å². The third-order valence-corrected chi connectivity index (χ3v) is 4.35. The second kappa shape index (κ2) is 13.2. The highest BCUT2D eigenvalue weighted by molar-refractivity contribution is 5.73. The number of nitrogens with one attached hydrogen (secondary N) is 1. The number of hydrogen-bond donors (Lipinski definition) is 1. The zero-order valence-electron chi connectivity index (χ0n) is 18.3. The topological polar surface area (TPSA) is 126 Å². The third kappa shape index (κ3) is 9.08. The molecule has 1 rings (SSSR count). The van der Waals surface area contributed by atoms with Crippen LogP contribution in [0, 0.1) is 0 Å². The summed E-state index contributed by atoms with van der Waals surface area (Å²) in [6, 6.07) is -0.921. The van der Waals surface area contributed by atoms with Crippen LogP contribution in [0.4, 0.5) is 0 Å². The van der Waals surface area contributed by atoms with Crippen molar-refractivity contribution in [2.24, 2.45) is 0 Å². The molecule has 0 unspecified atom stereocenters. The van der Waals surface area contributed by atoms with E-state index in [1.807, 2.05) is 0 Å². The first-order chi connectivity index (χ1) is 14.1. The second-order valence-electron chi connectivity index (χ2n) is 7.15. The Labute approximate surface area is 176 Å². The quantitative estimate of drug-likeness (QED) is 0.292. The van der Waals surface area contributed by atoms with Gasteiger partial charge in [-0.2, -0.15) is 0 Å². The maximum absolute atomic E-state index is 11.8. The Morgan fingerprint density at radius 3 is 2.03 bits per heavy atom. The third-order valence-electron chi connectivity index (χ3n) is 4.35. The van der Waals surface area contributed by atoms with Crippen molar-refractivity contribution >= 4 is 23.8 Å². The van der Waals surface area contributed by atoms with Crippen LogP contribution in [0.1, 0.15) is 60.3 Å². The summed E-state index contributed by atoms with van der Waals surface area (Å²) in [6.07, 6.45) is -0.274. The van der Waals surface area contributed by atoms with Crippen LogP contribution >= 0.6 is 0 Å². The van der Waals surface area contributed by atoms with Gasteiger partial charge in [-0.1, -0.05) is 26.2 Å². The van der Waals surface area contributed by atoms with Crippen LogP contribution in [0.3, 0.4) is 0 Å². The van der Waals surface area contributed by atoms with Gasteiger partial charge in [0.2, 0.25) is 5.91 Å². The summed E-state index contributed by atoms with van der Waals surface area (Å²) in [5, 5.41) is 2.66. The molecule has 0 bridgehead atoms. The molecule has 0 spiro atoms. The van der Waals surface area contributed by atoms with Crippen LogP contribution in [-0.2, 0) is 42.9 Å². The zero-order valence-corrected chi connectivity index (χ0v) is 18.3. The fourth-order valence-electron chi connectivity index (χ4n) is 3.16. The summed E-state index contributed by atoms with van der Waals surface area (Å²) in [5.41, 5.74) is 0. The molecule has 0 aromatic heterocycles. The number of ether oxygens (including phenoxy) is 5. The van der Waals surface area contributed by atoms with Gasteiger partial charge in [0.15, 0.2) is 18.5 Å². The second-order valence-corrected chi connectivity index (χ2v) is 7.15. The van der Waals surface area contributed by atoms with Crippen molar-refractivity contribution in [1.29, 1.82) is 0 Å². The molecular formula is C20H33NO9. The van der Waals surface area contributed by atoms with Crippen molar-refractivity contribution < 1.29 is 42.9 Å². The fourth-order valence-corrected chi connectivity index (χ4v) is 3.16. The number of carbonyl (C=O) groups is 4. The molecule has 0 aliphatic carbocycles. The molecule has 0 radical (unpaired) electrons. The molecule has 1 aliphatic rings. The summed E-state index contributed by atoms with van der Waals surface area (Å²) in [7, 11) is 0. The summed E-state index contributed by atoms with van der Waals surface area (Å²) >= 11 is 0. The summed E-state index contributed by atoms with van der Waals surface area (Å²) < 4.78 is 27.5. The van der Waals surface area contributed by atoms with Crippen LogP contribution in [0.25, 0.3) is 0 Å². The van der Waals surface area contributed by atoms with E-state index in [1.54, 1.807) is 0 Å². The lowest BCUT2D eigenvalue weighted by molar-refractivity contribution is -0.277. The van der Waals surface area contributed by atoms with E-state index in [0.717, 1.165) is 25.7 Å². The monoisotopic (exact) mass is 431 g/mol. The maximum atomic E-state index is 11.8. The highest BCUT2D eigenvalue weighted by Crippen LogP contribution is 2.28. The van der Waals surface area contributed by atoms with Gasteiger partial charge < -0.3 is 29.0 Å². The maximum Gasteiger partial charge on any atom is 0.303 e. The summed E-state index contributed by atoms with van der Waals surface area (Å²) in [4.78, 5) is 46.5. The van der Waals surface area contributed by atoms with E-state index in [4.69, 9.17) is 23.7 Å². The van der Waals surface area contributed by atoms with E-state index in [2.05, 4.69) is 12.2 Å². The first-order valence-electron chi connectivity index (χ1n) is 10.2. The Morgan fingerprint density at radius 2 is 1.50 bits per heavy atom. The van der Waals surface area contributed by atoms with Gasteiger partial charge in [0.1, 0.15) is 18.8 Å². The van der Waals surface area contributed by atoms with Gasteiger partial charge in [0, 0.05) is 34.3 Å². The van der Waals surface area contributed by atoms with Gasteiger partial charge in [-0.25, -0.2) is 0 Å². The van der Waals surface area contributed by atoms with E-state index < -0.39 is 54.5 Å². The average Bonchev–Trinajstić information content (AvgIpc) is 2.63. The minimum Gasteiger partial charge on any atom is -0.463 e. The molecule has 1 fully saturated rings. The van der Waals surface area contributed by atoms with E-state index in [1.165, 1.54) is 27.7 Å². The Balaban J connectivity index is 3.13. The van der Waals surface area contributed by atoms with Gasteiger partial charge in [-0.3, -0.25) is 19.2 Å². The molecule has 0 saturated carbocycles. The number of esters is 3. The standard InChI is InChI=1S/C20H33NO9/c1-6-7-8-9-10-26-20-17(21-12(2)22)19(29-15(5)25)18(28-14(4)24)16(30-20)11-27-13(3)23/h16-20H,6-11H2,1-5H3,(H,21,22)/t16-,17+,18+,19-,20-/m1/s1. The van der Waals surface area contributed by atoms with Crippen LogP contribution in [0.5, 0.6) is 0 Å². The van der Waals surface area contributed by atoms with Crippen LogP contribution < -0.4 is 5.32 Å². The first kappa shape index (κ1) is 25.8. The Kier molecular flexibility index (Phi) is 11.3. The summed E-state index contributed by atoms with van der Waals surface area (Å²) in [6.45, 7) is 7.13. The lowest BCUT2D eigenvalue weighted by Crippen LogP contribution is -2.66.